The molecule has 4 rings (SSSR count). The smallest absolute Gasteiger partial charge is 0.267 e. The number of nitrogens with zero attached hydrogens (tertiary/aromatic N) is 3. The molecule has 0 aliphatic heterocycles. The van der Waals surface area contributed by atoms with E-state index in [0.29, 0.717) is 16.3 Å². The molecule has 4 aromatic rings. The van der Waals surface area contributed by atoms with Gasteiger partial charge in [-0.05, 0) is 24.3 Å². The maximum absolute atomic E-state index is 12.5. The van der Waals surface area contributed by atoms with Crippen LogP contribution in [0.15, 0.2) is 67.0 Å². The summed E-state index contributed by atoms with van der Waals surface area (Å²) in [6.45, 7) is 0. The van der Waals surface area contributed by atoms with Gasteiger partial charge in [-0.2, -0.15) is 0 Å². The molecule has 0 radical (unpaired) electrons. The number of fused-ring (bicyclic) bond motifs is 1. The first kappa shape index (κ1) is 16.8. The van der Waals surface area contributed by atoms with Crippen LogP contribution in [0.2, 0.25) is 0 Å². The number of hydrazine groups is 1. The molecule has 132 valence electrons. The van der Waals surface area contributed by atoms with Crippen molar-refractivity contribution in [3.8, 4) is 10.7 Å². The summed E-state index contributed by atoms with van der Waals surface area (Å²) in [5.41, 5.74) is 6.47. The summed E-state index contributed by atoms with van der Waals surface area (Å²) in [6, 6.07) is 16.3. The first-order chi connectivity index (χ1) is 13.2. The molecule has 0 spiro atoms. The highest BCUT2D eigenvalue weighted by atomic mass is 32.1. The van der Waals surface area contributed by atoms with Gasteiger partial charge in [0.15, 0.2) is 5.69 Å². The fraction of sp³-hybridized carbons (Fsp3) is 0. The van der Waals surface area contributed by atoms with E-state index in [9.17, 15) is 9.59 Å². The maximum atomic E-state index is 12.5. The van der Waals surface area contributed by atoms with Crippen LogP contribution in [0, 0.1) is 0 Å². The van der Waals surface area contributed by atoms with Crippen molar-refractivity contribution in [2.45, 2.75) is 0 Å². The highest BCUT2D eigenvalue weighted by Crippen LogP contribution is 2.29. The lowest BCUT2D eigenvalue weighted by molar-refractivity contribution is 0.0844. The third-order valence-corrected chi connectivity index (χ3v) is 4.78. The van der Waals surface area contributed by atoms with E-state index in [1.54, 1.807) is 30.3 Å². The molecular formula is C19H13N5O2S. The lowest BCUT2D eigenvalue weighted by Crippen LogP contribution is -2.42. The summed E-state index contributed by atoms with van der Waals surface area (Å²) in [5.74, 6) is -0.990. The molecule has 27 heavy (non-hydrogen) atoms. The van der Waals surface area contributed by atoms with Gasteiger partial charge in [-0.25, -0.2) is 15.0 Å². The summed E-state index contributed by atoms with van der Waals surface area (Å²) in [6.07, 6.45) is 2.92. The van der Waals surface area contributed by atoms with Crippen LogP contribution in [-0.2, 0) is 0 Å². The Morgan fingerprint density at radius 2 is 1.52 bits per heavy atom. The number of para-hydroxylation sites is 1. The number of nitrogens with one attached hydrogen (secondary N) is 2. The molecule has 0 saturated heterocycles. The van der Waals surface area contributed by atoms with Crippen LogP contribution in [-0.4, -0.2) is 26.8 Å². The van der Waals surface area contributed by atoms with Gasteiger partial charge >= 0.3 is 0 Å². The Morgan fingerprint density at radius 1 is 0.815 bits per heavy atom. The lowest BCUT2D eigenvalue weighted by atomic mass is 10.2. The Morgan fingerprint density at radius 3 is 2.33 bits per heavy atom. The van der Waals surface area contributed by atoms with E-state index in [2.05, 4.69) is 25.8 Å². The molecule has 2 heterocycles. The second-order valence-electron chi connectivity index (χ2n) is 5.51. The summed E-state index contributed by atoms with van der Waals surface area (Å²) in [5, 5.41) is 0.587. The number of hydrogen-bond acceptors (Lipinski definition) is 6. The quantitative estimate of drug-likeness (QED) is 0.537. The summed E-state index contributed by atoms with van der Waals surface area (Å²) >= 11 is 1.42. The molecule has 0 unspecified atom stereocenters. The minimum atomic E-state index is -0.568. The molecule has 0 aliphatic carbocycles. The highest BCUT2D eigenvalue weighted by molar-refractivity contribution is 7.21. The molecule has 8 heteroatoms. The zero-order valence-corrected chi connectivity index (χ0v) is 14.7. The Bertz CT molecular complexity index is 1090. The number of amides is 2. The molecule has 2 aromatic heterocycles. The summed E-state index contributed by atoms with van der Waals surface area (Å²) < 4.78 is 0.988. The number of carbonyl (C=O) groups is 2. The van der Waals surface area contributed by atoms with E-state index in [-0.39, 0.29) is 5.69 Å². The van der Waals surface area contributed by atoms with E-state index < -0.39 is 11.8 Å². The summed E-state index contributed by atoms with van der Waals surface area (Å²) in [7, 11) is 0. The Balaban J connectivity index is 1.57. The second-order valence-corrected chi connectivity index (χ2v) is 6.55. The molecule has 2 amide bonds. The van der Waals surface area contributed by atoms with Crippen molar-refractivity contribution in [3.63, 3.8) is 0 Å². The lowest BCUT2D eigenvalue weighted by Gasteiger charge is -2.08. The molecular weight excluding hydrogens is 362 g/mol. The summed E-state index contributed by atoms with van der Waals surface area (Å²) in [4.78, 5) is 37.5. The van der Waals surface area contributed by atoms with Gasteiger partial charge in [-0.3, -0.25) is 20.4 Å². The van der Waals surface area contributed by atoms with Crippen molar-refractivity contribution < 1.29 is 9.59 Å². The van der Waals surface area contributed by atoms with Gasteiger partial charge in [0.1, 0.15) is 10.7 Å². The Kier molecular flexibility index (Phi) is 4.54. The van der Waals surface area contributed by atoms with Crippen molar-refractivity contribution in [2.75, 3.05) is 0 Å². The molecule has 2 aromatic carbocycles. The van der Waals surface area contributed by atoms with Crippen LogP contribution in [0.3, 0.4) is 0 Å². The van der Waals surface area contributed by atoms with Crippen molar-refractivity contribution in [1.29, 1.82) is 0 Å². The van der Waals surface area contributed by atoms with Gasteiger partial charge in [0.05, 0.1) is 10.2 Å². The third kappa shape index (κ3) is 3.51. The molecule has 0 bridgehead atoms. The van der Waals surface area contributed by atoms with Gasteiger partial charge in [0, 0.05) is 18.0 Å². The van der Waals surface area contributed by atoms with Gasteiger partial charge in [-0.15, -0.1) is 11.3 Å². The molecule has 2 N–H and O–H groups in total. The average molecular weight is 375 g/mol. The van der Waals surface area contributed by atoms with E-state index in [1.165, 1.54) is 23.7 Å². The SMILES string of the molecule is O=C(NNC(=O)c1nccnc1-c1nc2ccccc2s1)c1ccccc1. The highest BCUT2D eigenvalue weighted by Gasteiger charge is 2.19. The van der Waals surface area contributed by atoms with Crippen molar-refractivity contribution in [1.82, 2.24) is 25.8 Å². The minimum Gasteiger partial charge on any atom is -0.267 e. The van der Waals surface area contributed by atoms with E-state index in [1.807, 2.05) is 24.3 Å². The predicted octanol–water partition coefficient (Wildman–Crippen LogP) is 2.83. The first-order valence-corrected chi connectivity index (χ1v) is 8.87. The number of hydrogen-bond donors (Lipinski definition) is 2. The largest absolute Gasteiger partial charge is 0.290 e. The van der Waals surface area contributed by atoms with Gasteiger partial charge in [-0.1, -0.05) is 30.3 Å². The number of benzene rings is 2. The van der Waals surface area contributed by atoms with Gasteiger partial charge in [0.25, 0.3) is 11.8 Å². The number of carbonyl (C=O) groups excluding carboxylic acids is 2. The monoisotopic (exact) mass is 375 g/mol. The third-order valence-electron chi connectivity index (χ3n) is 3.74. The number of aromatic nitrogens is 3. The maximum Gasteiger partial charge on any atom is 0.290 e. The van der Waals surface area contributed by atoms with Crippen LogP contribution >= 0.6 is 11.3 Å². The molecule has 0 atom stereocenters. The number of rotatable bonds is 3. The Labute approximate surface area is 158 Å². The average Bonchev–Trinajstić information content (AvgIpc) is 3.16. The fourth-order valence-electron chi connectivity index (χ4n) is 2.47. The topological polar surface area (TPSA) is 96.9 Å². The van der Waals surface area contributed by atoms with Crippen LogP contribution in [0.1, 0.15) is 20.8 Å². The zero-order chi connectivity index (χ0) is 18.6. The molecule has 0 fully saturated rings. The first-order valence-electron chi connectivity index (χ1n) is 8.05. The minimum absolute atomic E-state index is 0.0879. The van der Waals surface area contributed by atoms with Crippen molar-refractivity contribution in [2.24, 2.45) is 0 Å². The molecule has 0 aliphatic rings. The molecule has 0 saturated carbocycles. The van der Waals surface area contributed by atoms with Crippen molar-refractivity contribution >= 4 is 33.4 Å². The predicted molar refractivity (Wildman–Crippen MR) is 102 cm³/mol. The Hall–Kier alpha value is -3.65. The second kappa shape index (κ2) is 7.30. The standard InChI is InChI=1S/C19H13N5O2S/c25-17(12-6-2-1-3-7-12)23-24-18(26)15-16(21-11-10-20-15)19-22-13-8-4-5-9-14(13)27-19/h1-11H,(H,23,25)(H,24,26). The molecule has 7 nitrogen and oxygen atoms in total. The van der Waals surface area contributed by atoms with Crippen molar-refractivity contribution in [3.05, 3.63) is 78.2 Å². The van der Waals surface area contributed by atoms with Gasteiger partial charge in [0.2, 0.25) is 0 Å². The van der Waals surface area contributed by atoms with E-state index in [0.717, 1.165) is 10.2 Å². The van der Waals surface area contributed by atoms with E-state index >= 15 is 0 Å². The number of thiazole rings is 1. The van der Waals surface area contributed by atoms with E-state index in [4.69, 9.17) is 0 Å². The zero-order valence-electron chi connectivity index (χ0n) is 13.9. The van der Waals surface area contributed by atoms with Crippen LogP contribution in [0.4, 0.5) is 0 Å². The fourth-order valence-corrected chi connectivity index (χ4v) is 3.43. The van der Waals surface area contributed by atoms with Gasteiger partial charge < -0.3 is 0 Å². The van der Waals surface area contributed by atoms with Crippen LogP contribution in [0.25, 0.3) is 20.9 Å². The van der Waals surface area contributed by atoms with Crippen LogP contribution in [0.5, 0.6) is 0 Å². The normalized spacial score (nSPS) is 10.5. The van der Waals surface area contributed by atoms with Crippen LogP contribution < -0.4 is 10.9 Å².